The number of carbonyl (C=O) groups is 1. The van der Waals surface area contributed by atoms with Crippen LogP contribution in [0.15, 0.2) is 24.3 Å². The number of carbonyl (C=O) groups excluding carboxylic acids is 1. The fourth-order valence-electron chi connectivity index (χ4n) is 2.01. The van der Waals surface area contributed by atoms with Gasteiger partial charge in [-0.05, 0) is 24.1 Å². The molecule has 0 bridgehead atoms. The van der Waals surface area contributed by atoms with Crippen molar-refractivity contribution in [1.29, 1.82) is 0 Å². The lowest BCUT2D eigenvalue weighted by Crippen LogP contribution is -2.39. The second kappa shape index (κ2) is 7.27. The molecule has 116 valence electrons. The van der Waals surface area contributed by atoms with Crippen LogP contribution in [0.1, 0.15) is 12.0 Å². The first-order chi connectivity index (χ1) is 10.1. The summed E-state index contributed by atoms with van der Waals surface area (Å²) in [4.78, 5) is 11.8. The average Bonchev–Trinajstić information content (AvgIpc) is 2.53. The average molecular weight is 333 g/mol. The third-order valence-corrected chi connectivity index (χ3v) is 5.52. The van der Waals surface area contributed by atoms with E-state index in [1.165, 1.54) is 4.67 Å². The Bertz CT molecular complexity index is 537. The van der Waals surface area contributed by atoms with Crippen LogP contribution < -0.4 is 9.82 Å². The third-order valence-electron chi connectivity index (χ3n) is 3.14. The van der Waals surface area contributed by atoms with E-state index < -0.39 is 7.67 Å². The molecule has 1 aliphatic heterocycles. The molecule has 1 saturated heterocycles. The minimum Gasteiger partial charge on any atom is -0.497 e. The lowest BCUT2D eigenvalue weighted by Gasteiger charge is -2.34. The highest BCUT2D eigenvalue weighted by Gasteiger charge is 2.37. The molecule has 1 N–H and O–H groups in total. The zero-order valence-electron chi connectivity index (χ0n) is 11.8. The van der Waals surface area contributed by atoms with Crippen LogP contribution in [0.25, 0.3) is 0 Å². The SMILES string of the molecule is COc1ccc(CNP2(=O)OCCCN2C(=O)CCl)cc1. The fraction of sp³-hybridized carbons (Fsp3) is 0.462. The number of halogens is 1. The van der Waals surface area contributed by atoms with Crippen molar-refractivity contribution in [2.45, 2.75) is 13.0 Å². The smallest absolute Gasteiger partial charge is 0.371 e. The number of methoxy groups -OCH3 is 1. The molecule has 1 heterocycles. The van der Waals surface area contributed by atoms with E-state index in [0.717, 1.165) is 11.3 Å². The van der Waals surface area contributed by atoms with Gasteiger partial charge in [0.15, 0.2) is 0 Å². The van der Waals surface area contributed by atoms with Gasteiger partial charge >= 0.3 is 7.67 Å². The van der Waals surface area contributed by atoms with E-state index in [-0.39, 0.29) is 11.8 Å². The summed E-state index contributed by atoms with van der Waals surface area (Å²) in [5, 5.41) is 2.86. The Labute approximate surface area is 128 Å². The predicted molar refractivity (Wildman–Crippen MR) is 80.4 cm³/mol. The highest BCUT2D eigenvalue weighted by Crippen LogP contribution is 2.49. The van der Waals surface area contributed by atoms with Crippen molar-refractivity contribution in [2.75, 3.05) is 26.1 Å². The maximum absolute atomic E-state index is 12.7. The van der Waals surface area contributed by atoms with Crippen LogP contribution in [-0.4, -0.2) is 36.7 Å². The molecule has 0 aliphatic carbocycles. The van der Waals surface area contributed by atoms with Crippen molar-refractivity contribution in [3.05, 3.63) is 29.8 Å². The van der Waals surface area contributed by atoms with Crippen LogP contribution in [-0.2, 0) is 20.4 Å². The standard InChI is InChI=1S/C13H18ClN2O4P/c1-19-12-5-3-11(4-6-12)10-15-21(18)16(13(17)9-14)7-2-8-20-21/h3-6H,2,7-10H2,1H3,(H,15,18). The van der Waals surface area contributed by atoms with Crippen LogP contribution in [0.4, 0.5) is 0 Å². The molecular weight excluding hydrogens is 315 g/mol. The molecule has 6 nitrogen and oxygen atoms in total. The predicted octanol–water partition coefficient (Wildman–Crippen LogP) is 2.38. The minimum atomic E-state index is -3.36. The molecule has 21 heavy (non-hydrogen) atoms. The van der Waals surface area contributed by atoms with Gasteiger partial charge in [-0.25, -0.2) is 9.65 Å². The maximum atomic E-state index is 12.7. The number of alkyl halides is 1. The Balaban J connectivity index is 2.04. The Hall–Kier alpha value is -1.07. The molecule has 0 radical (unpaired) electrons. The summed E-state index contributed by atoms with van der Waals surface area (Å²) < 4.78 is 24.4. The normalized spacial score (nSPS) is 22.1. The van der Waals surface area contributed by atoms with Crippen LogP contribution in [0.5, 0.6) is 5.75 Å². The zero-order chi connectivity index (χ0) is 15.3. The summed E-state index contributed by atoms with van der Waals surface area (Å²) in [6.07, 6.45) is 0.650. The number of amides is 1. The van der Waals surface area contributed by atoms with Gasteiger partial charge in [0.05, 0.1) is 13.7 Å². The molecule has 1 atom stereocenters. The van der Waals surface area contributed by atoms with E-state index in [1.807, 2.05) is 24.3 Å². The largest absolute Gasteiger partial charge is 0.497 e. The summed E-state index contributed by atoms with van der Waals surface area (Å²) in [5.41, 5.74) is 0.915. The lowest BCUT2D eigenvalue weighted by atomic mass is 10.2. The van der Waals surface area contributed by atoms with Crippen molar-refractivity contribution < 1.29 is 18.6 Å². The minimum absolute atomic E-state index is 0.211. The Morgan fingerprint density at radius 3 is 2.81 bits per heavy atom. The number of hydrogen-bond donors (Lipinski definition) is 1. The summed E-state index contributed by atoms with van der Waals surface area (Å²) >= 11 is 5.55. The summed E-state index contributed by atoms with van der Waals surface area (Å²) in [5.74, 6) is 0.151. The molecule has 0 aromatic heterocycles. The van der Waals surface area contributed by atoms with E-state index in [1.54, 1.807) is 7.11 Å². The summed E-state index contributed by atoms with van der Waals surface area (Å²) in [7, 11) is -1.77. The number of hydrogen-bond acceptors (Lipinski definition) is 4. The van der Waals surface area contributed by atoms with Crippen LogP contribution in [0, 0.1) is 0 Å². The Morgan fingerprint density at radius 1 is 1.48 bits per heavy atom. The maximum Gasteiger partial charge on any atom is 0.371 e. The van der Waals surface area contributed by atoms with E-state index >= 15 is 0 Å². The molecule has 1 amide bonds. The molecule has 1 unspecified atom stereocenters. The van der Waals surface area contributed by atoms with Crippen LogP contribution >= 0.6 is 19.3 Å². The molecule has 1 aromatic carbocycles. The number of ether oxygens (including phenoxy) is 1. The topological polar surface area (TPSA) is 67.9 Å². The molecule has 1 aliphatic rings. The first-order valence-corrected chi connectivity index (χ1v) is 8.70. The molecule has 1 fully saturated rings. The van der Waals surface area contributed by atoms with Crippen molar-refractivity contribution in [3.8, 4) is 5.75 Å². The van der Waals surface area contributed by atoms with E-state index in [9.17, 15) is 9.36 Å². The van der Waals surface area contributed by atoms with Crippen molar-refractivity contribution >= 4 is 25.2 Å². The van der Waals surface area contributed by atoms with Gasteiger partial charge in [-0.2, -0.15) is 0 Å². The van der Waals surface area contributed by atoms with E-state index in [2.05, 4.69) is 5.09 Å². The lowest BCUT2D eigenvalue weighted by molar-refractivity contribution is -0.125. The third kappa shape index (κ3) is 3.98. The van der Waals surface area contributed by atoms with Gasteiger partial charge in [-0.15, -0.1) is 11.6 Å². The Morgan fingerprint density at radius 2 is 2.19 bits per heavy atom. The molecule has 2 rings (SSSR count). The zero-order valence-corrected chi connectivity index (χ0v) is 13.4. The fourth-order valence-corrected chi connectivity index (χ4v) is 4.17. The van der Waals surface area contributed by atoms with Gasteiger partial charge in [-0.1, -0.05) is 12.1 Å². The molecular formula is C13H18ClN2O4P. The summed E-state index contributed by atoms with van der Waals surface area (Å²) in [6, 6.07) is 7.35. The second-order valence-corrected chi connectivity index (χ2v) is 6.91. The van der Waals surface area contributed by atoms with Crippen molar-refractivity contribution in [3.63, 3.8) is 0 Å². The number of nitrogens with one attached hydrogen (secondary N) is 1. The highest BCUT2D eigenvalue weighted by molar-refractivity contribution is 7.55. The van der Waals surface area contributed by atoms with Gasteiger partial charge in [0.1, 0.15) is 11.6 Å². The second-order valence-electron chi connectivity index (χ2n) is 4.54. The number of nitrogens with zero attached hydrogens (tertiary/aromatic N) is 1. The van der Waals surface area contributed by atoms with Gasteiger partial charge in [0, 0.05) is 13.1 Å². The molecule has 0 spiro atoms. The van der Waals surface area contributed by atoms with Gasteiger partial charge in [0.2, 0.25) is 5.91 Å². The summed E-state index contributed by atoms with van der Waals surface area (Å²) in [6.45, 7) is 1.07. The first-order valence-electron chi connectivity index (χ1n) is 6.58. The molecule has 0 saturated carbocycles. The van der Waals surface area contributed by atoms with Gasteiger partial charge in [-0.3, -0.25) is 9.46 Å². The first kappa shape index (κ1) is 16.3. The van der Waals surface area contributed by atoms with Crippen molar-refractivity contribution in [2.24, 2.45) is 0 Å². The van der Waals surface area contributed by atoms with Crippen LogP contribution in [0.2, 0.25) is 0 Å². The molecule has 1 aromatic rings. The van der Waals surface area contributed by atoms with E-state index in [0.29, 0.717) is 26.1 Å². The highest BCUT2D eigenvalue weighted by atomic mass is 35.5. The number of rotatable bonds is 5. The molecule has 8 heteroatoms. The van der Waals surface area contributed by atoms with Crippen molar-refractivity contribution in [1.82, 2.24) is 9.76 Å². The monoisotopic (exact) mass is 332 g/mol. The van der Waals surface area contributed by atoms with Gasteiger partial charge in [0.25, 0.3) is 0 Å². The quantitative estimate of drug-likeness (QED) is 0.662. The number of benzene rings is 1. The Kier molecular flexibility index (Phi) is 5.65. The van der Waals surface area contributed by atoms with Crippen LogP contribution in [0.3, 0.4) is 0 Å². The van der Waals surface area contributed by atoms with Gasteiger partial charge < -0.3 is 9.26 Å². The van der Waals surface area contributed by atoms with E-state index in [4.69, 9.17) is 20.9 Å².